The van der Waals surface area contributed by atoms with E-state index in [1.54, 1.807) is 38.5 Å². The Balaban J connectivity index is 1.78. The molecule has 0 amide bonds. The number of ketones is 1. The maximum Gasteiger partial charge on any atom is 0.294 e. The molecule has 0 aliphatic heterocycles. The van der Waals surface area contributed by atoms with Gasteiger partial charge in [0.05, 0.1) is 23.9 Å². The smallest absolute Gasteiger partial charge is 0.294 e. The van der Waals surface area contributed by atoms with Gasteiger partial charge in [-0.2, -0.15) is 5.10 Å². The van der Waals surface area contributed by atoms with E-state index in [0.717, 1.165) is 16.3 Å². The fraction of sp³-hybridized carbons (Fsp3) is 0.182. The van der Waals surface area contributed by atoms with Crippen LogP contribution in [-0.2, 0) is 6.54 Å². The van der Waals surface area contributed by atoms with Crippen molar-refractivity contribution >= 4 is 27.3 Å². The molecule has 0 saturated carbocycles. The topological polar surface area (TPSA) is 83.3 Å². The lowest BCUT2D eigenvalue weighted by Gasteiger charge is -2.09. The summed E-state index contributed by atoms with van der Waals surface area (Å²) in [5, 5.41) is 5.29. The van der Waals surface area contributed by atoms with Crippen LogP contribution in [0.1, 0.15) is 15.4 Å². The number of aromatic nitrogens is 3. The number of methoxy groups -OCH3 is 2. The van der Waals surface area contributed by atoms with E-state index in [4.69, 9.17) is 9.47 Å². The number of nitrogens with zero attached hydrogens (tertiary/aromatic N) is 3. The molecule has 2 aromatic carbocycles. The number of carbonyl (C=O) groups is 1. The normalized spacial score (nSPS) is 10.9. The maximum atomic E-state index is 12.9. The second-order valence-corrected chi connectivity index (χ2v) is 7.81. The zero-order valence-corrected chi connectivity index (χ0v) is 17.5. The standard InChI is InChI=1S/C22H19N3O4S/c1-13-23-20-21(30-13)19(15-6-10-17(29-3)11-7-15)24-25(22(20)27)12-18(26)14-4-8-16(28-2)9-5-14/h4-11H,12H2,1-3H3. The maximum absolute atomic E-state index is 12.9. The molecule has 0 aliphatic carbocycles. The number of hydrogen-bond acceptors (Lipinski definition) is 7. The van der Waals surface area contributed by atoms with Gasteiger partial charge in [-0.25, -0.2) is 9.67 Å². The number of carbonyl (C=O) groups excluding carboxylic acids is 1. The number of fused-ring (bicyclic) bond motifs is 1. The summed E-state index contributed by atoms with van der Waals surface area (Å²) in [7, 11) is 3.16. The first-order chi connectivity index (χ1) is 14.5. The molecule has 2 heterocycles. The van der Waals surface area contributed by atoms with Crippen LogP contribution in [0.2, 0.25) is 0 Å². The molecule has 0 fully saturated rings. The van der Waals surface area contributed by atoms with E-state index >= 15 is 0 Å². The van der Waals surface area contributed by atoms with Crippen molar-refractivity contribution in [1.29, 1.82) is 0 Å². The molecule has 0 bridgehead atoms. The van der Waals surface area contributed by atoms with Crippen LogP contribution in [0, 0.1) is 6.92 Å². The molecule has 0 spiro atoms. The molecule has 7 nitrogen and oxygen atoms in total. The summed E-state index contributed by atoms with van der Waals surface area (Å²) in [6.45, 7) is 1.66. The summed E-state index contributed by atoms with van der Waals surface area (Å²) >= 11 is 1.41. The summed E-state index contributed by atoms with van der Waals surface area (Å²) in [4.78, 5) is 30.1. The molecule has 0 radical (unpaired) electrons. The lowest BCUT2D eigenvalue weighted by atomic mass is 10.1. The predicted octanol–water partition coefficient (Wildman–Crippen LogP) is 3.73. The lowest BCUT2D eigenvalue weighted by Crippen LogP contribution is -2.27. The molecule has 2 aromatic heterocycles. The van der Waals surface area contributed by atoms with E-state index in [2.05, 4.69) is 10.1 Å². The van der Waals surface area contributed by atoms with Gasteiger partial charge in [-0.05, 0) is 55.5 Å². The van der Waals surface area contributed by atoms with Crippen LogP contribution in [0.5, 0.6) is 11.5 Å². The molecule has 0 saturated heterocycles. The Morgan fingerprint density at radius 3 is 2.20 bits per heavy atom. The number of Topliss-reactive ketones (excluding diaryl/α,β-unsaturated/α-hetero) is 1. The highest BCUT2D eigenvalue weighted by Crippen LogP contribution is 2.30. The fourth-order valence-electron chi connectivity index (χ4n) is 3.12. The van der Waals surface area contributed by atoms with Crippen molar-refractivity contribution in [3.05, 3.63) is 69.5 Å². The Kier molecular flexibility index (Phi) is 5.33. The highest BCUT2D eigenvalue weighted by molar-refractivity contribution is 7.19. The molecular weight excluding hydrogens is 402 g/mol. The Morgan fingerprint density at radius 2 is 1.60 bits per heavy atom. The monoisotopic (exact) mass is 421 g/mol. The van der Waals surface area contributed by atoms with E-state index in [1.165, 1.54) is 16.0 Å². The second-order valence-electron chi connectivity index (χ2n) is 6.60. The van der Waals surface area contributed by atoms with Gasteiger partial charge in [-0.3, -0.25) is 9.59 Å². The number of rotatable bonds is 6. The number of aryl methyl sites for hydroxylation is 1. The van der Waals surface area contributed by atoms with Crippen molar-refractivity contribution < 1.29 is 14.3 Å². The first kappa shape index (κ1) is 19.8. The van der Waals surface area contributed by atoms with Crippen LogP contribution in [-0.4, -0.2) is 34.8 Å². The van der Waals surface area contributed by atoms with Crippen LogP contribution in [0.4, 0.5) is 0 Å². The predicted molar refractivity (Wildman–Crippen MR) is 116 cm³/mol. The van der Waals surface area contributed by atoms with Crippen LogP contribution in [0.25, 0.3) is 21.5 Å². The van der Waals surface area contributed by atoms with E-state index in [-0.39, 0.29) is 17.9 Å². The molecule has 4 aromatic rings. The molecular formula is C22H19N3O4S. The summed E-state index contributed by atoms with van der Waals surface area (Å²) in [5.41, 5.74) is 1.84. The number of hydrogen-bond donors (Lipinski definition) is 0. The Morgan fingerprint density at radius 1 is 1.00 bits per heavy atom. The molecule has 8 heteroatoms. The molecule has 0 atom stereocenters. The quantitative estimate of drug-likeness (QED) is 0.441. The third-order valence-electron chi connectivity index (χ3n) is 4.68. The average Bonchev–Trinajstić information content (AvgIpc) is 3.17. The molecule has 0 N–H and O–H groups in total. The zero-order valence-electron chi connectivity index (χ0n) is 16.7. The SMILES string of the molecule is COc1ccc(C(=O)Cn2nc(-c3ccc(OC)cc3)c3sc(C)nc3c2=O)cc1. The summed E-state index contributed by atoms with van der Waals surface area (Å²) in [6, 6.07) is 14.2. The summed E-state index contributed by atoms with van der Waals surface area (Å²) < 4.78 is 12.2. The van der Waals surface area contributed by atoms with Gasteiger partial charge in [-0.15, -0.1) is 11.3 Å². The lowest BCUT2D eigenvalue weighted by molar-refractivity contribution is 0.0966. The molecule has 152 valence electrons. The van der Waals surface area contributed by atoms with E-state index in [9.17, 15) is 9.59 Å². The first-order valence-corrected chi connectivity index (χ1v) is 10.0. The summed E-state index contributed by atoms with van der Waals surface area (Å²) in [6.07, 6.45) is 0. The minimum absolute atomic E-state index is 0.180. The Hall–Kier alpha value is -3.52. The van der Waals surface area contributed by atoms with Crippen molar-refractivity contribution in [3.8, 4) is 22.8 Å². The highest BCUT2D eigenvalue weighted by atomic mass is 32.1. The molecule has 0 unspecified atom stereocenters. The Bertz CT molecular complexity index is 1270. The second kappa shape index (κ2) is 8.08. The van der Waals surface area contributed by atoms with E-state index < -0.39 is 0 Å². The van der Waals surface area contributed by atoms with E-state index in [1.807, 2.05) is 31.2 Å². The number of ether oxygens (including phenoxy) is 2. The summed E-state index contributed by atoms with van der Waals surface area (Å²) in [5.74, 6) is 1.15. The third-order valence-corrected chi connectivity index (χ3v) is 5.65. The van der Waals surface area contributed by atoms with Gasteiger partial charge in [0.15, 0.2) is 11.3 Å². The average molecular weight is 421 g/mol. The van der Waals surface area contributed by atoms with Gasteiger partial charge < -0.3 is 9.47 Å². The van der Waals surface area contributed by atoms with Crippen LogP contribution in [0.15, 0.2) is 53.3 Å². The van der Waals surface area contributed by atoms with Gasteiger partial charge in [0, 0.05) is 11.1 Å². The van der Waals surface area contributed by atoms with Crippen molar-refractivity contribution in [2.45, 2.75) is 13.5 Å². The molecule has 30 heavy (non-hydrogen) atoms. The van der Waals surface area contributed by atoms with Crippen molar-refractivity contribution in [2.75, 3.05) is 14.2 Å². The van der Waals surface area contributed by atoms with Gasteiger partial charge >= 0.3 is 0 Å². The first-order valence-electron chi connectivity index (χ1n) is 9.20. The van der Waals surface area contributed by atoms with Crippen LogP contribution >= 0.6 is 11.3 Å². The van der Waals surface area contributed by atoms with Crippen molar-refractivity contribution in [2.24, 2.45) is 0 Å². The largest absolute Gasteiger partial charge is 0.497 e. The Labute approximate surface area is 176 Å². The highest BCUT2D eigenvalue weighted by Gasteiger charge is 2.18. The minimum Gasteiger partial charge on any atom is -0.497 e. The fourth-order valence-corrected chi connectivity index (χ4v) is 4.03. The van der Waals surface area contributed by atoms with Crippen LogP contribution < -0.4 is 15.0 Å². The number of thiazole rings is 1. The van der Waals surface area contributed by atoms with Crippen molar-refractivity contribution in [1.82, 2.24) is 14.8 Å². The van der Waals surface area contributed by atoms with Gasteiger partial charge in [0.1, 0.15) is 23.7 Å². The van der Waals surface area contributed by atoms with Gasteiger partial charge in [0.2, 0.25) is 0 Å². The molecule has 4 rings (SSSR count). The minimum atomic E-state index is -0.381. The van der Waals surface area contributed by atoms with Gasteiger partial charge in [-0.1, -0.05) is 0 Å². The van der Waals surface area contributed by atoms with E-state index in [0.29, 0.717) is 27.2 Å². The zero-order chi connectivity index (χ0) is 21.3. The molecule has 0 aliphatic rings. The van der Waals surface area contributed by atoms with Crippen LogP contribution in [0.3, 0.4) is 0 Å². The van der Waals surface area contributed by atoms with Crippen molar-refractivity contribution in [3.63, 3.8) is 0 Å². The third kappa shape index (κ3) is 3.69. The van der Waals surface area contributed by atoms with Gasteiger partial charge in [0.25, 0.3) is 5.56 Å². The number of benzene rings is 2.